The molecule has 5 unspecified atom stereocenters. The summed E-state index contributed by atoms with van der Waals surface area (Å²) in [6, 6.07) is 4.10. The Balaban J connectivity index is 2.08. The molecule has 1 aromatic rings. The number of alkyl halides is 1. The molecule has 106 valence electrons. The van der Waals surface area contributed by atoms with E-state index in [4.69, 9.17) is 4.74 Å². The van der Waals surface area contributed by atoms with Crippen LogP contribution in [-0.4, -0.2) is 17.0 Å². The van der Waals surface area contributed by atoms with Crippen molar-refractivity contribution in [3.05, 3.63) is 35.4 Å². The number of ether oxygens (including phenoxy) is 1. The molecule has 2 rings (SSSR count). The van der Waals surface area contributed by atoms with Crippen LogP contribution in [0.1, 0.15) is 26.3 Å². The van der Waals surface area contributed by atoms with Gasteiger partial charge in [-0.15, -0.1) is 0 Å². The molecule has 0 aliphatic carbocycles. The first-order valence-corrected chi connectivity index (χ1v) is 7.55. The van der Waals surface area contributed by atoms with Gasteiger partial charge in [0.15, 0.2) is 11.6 Å². The van der Waals surface area contributed by atoms with Gasteiger partial charge in [0, 0.05) is 10.7 Å². The zero-order chi connectivity index (χ0) is 14.2. The van der Waals surface area contributed by atoms with Crippen molar-refractivity contribution in [2.24, 2.45) is 11.8 Å². The highest BCUT2D eigenvalue weighted by molar-refractivity contribution is 9.09. The van der Waals surface area contributed by atoms with Gasteiger partial charge in [0.05, 0.1) is 12.2 Å². The Morgan fingerprint density at radius 1 is 1.16 bits per heavy atom. The highest BCUT2D eigenvalue weighted by atomic mass is 79.9. The summed E-state index contributed by atoms with van der Waals surface area (Å²) in [6.07, 6.45) is 1.09. The predicted molar refractivity (Wildman–Crippen MR) is 75.4 cm³/mol. The van der Waals surface area contributed by atoms with Crippen molar-refractivity contribution in [3.63, 3.8) is 0 Å². The number of rotatable bonds is 3. The fourth-order valence-electron chi connectivity index (χ4n) is 2.94. The van der Waals surface area contributed by atoms with Crippen LogP contribution in [0.5, 0.6) is 0 Å². The highest BCUT2D eigenvalue weighted by Gasteiger charge is 2.40. The van der Waals surface area contributed by atoms with Crippen molar-refractivity contribution in [1.29, 1.82) is 0 Å². The Morgan fingerprint density at radius 3 is 2.37 bits per heavy atom. The molecule has 4 heteroatoms. The number of benzene rings is 1. The molecule has 1 fully saturated rings. The van der Waals surface area contributed by atoms with E-state index in [2.05, 4.69) is 36.7 Å². The van der Waals surface area contributed by atoms with Crippen LogP contribution in [0.2, 0.25) is 0 Å². The molecule has 1 saturated heterocycles. The summed E-state index contributed by atoms with van der Waals surface area (Å²) >= 11 is 3.70. The maximum atomic E-state index is 13.2. The van der Waals surface area contributed by atoms with E-state index in [9.17, 15) is 8.78 Å². The van der Waals surface area contributed by atoms with Gasteiger partial charge in [0.2, 0.25) is 0 Å². The van der Waals surface area contributed by atoms with Crippen molar-refractivity contribution in [2.75, 3.05) is 0 Å². The first-order chi connectivity index (χ1) is 8.90. The summed E-state index contributed by atoms with van der Waals surface area (Å²) in [6.45, 7) is 6.33. The highest BCUT2D eigenvalue weighted by Crippen LogP contribution is 2.38. The van der Waals surface area contributed by atoms with E-state index in [0.717, 1.165) is 5.56 Å². The average Bonchev–Trinajstić information content (AvgIpc) is 2.58. The zero-order valence-electron chi connectivity index (χ0n) is 11.4. The molecular weight excluding hydrogens is 314 g/mol. The van der Waals surface area contributed by atoms with Gasteiger partial charge in [-0.2, -0.15) is 0 Å². The van der Waals surface area contributed by atoms with Crippen molar-refractivity contribution in [1.82, 2.24) is 0 Å². The third-order valence-corrected chi connectivity index (χ3v) is 5.09. The second kappa shape index (κ2) is 5.88. The quantitative estimate of drug-likeness (QED) is 0.748. The predicted octanol–water partition coefficient (Wildman–Crippen LogP) is 4.33. The summed E-state index contributed by atoms with van der Waals surface area (Å²) < 4.78 is 31.9. The molecule has 0 aromatic heterocycles. The van der Waals surface area contributed by atoms with E-state index < -0.39 is 11.6 Å². The molecule has 0 radical (unpaired) electrons. The largest absolute Gasteiger partial charge is 0.375 e. The van der Waals surface area contributed by atoms with Crippen LogP contribution in [-0.2, 0) is 11.2 Å². The van der Waals surface area contributed by atoms with Crippen LogP contribution in [0.15, 0.2) is 18.2 Å². The standard InChI is InChI=1S/C15H19BrF2O/c1-8-9(2)19-10(3)15(8)12(16)6-11-4-5-13(17)14(18)7-11/h4-5,7-10,12,15H,6H2,1-3H3. The lowest BCUT2D eigenvalue weighted by Gasteiger charge is -2.24. The Hall–Kier alpha value is -0.480. The van der Waals surface area contributed by atoms with Crippen molar-refractivity contribution < 1.29 is 13.5 Å². The summed E-state index contributed by atoms with van der Waals surface area (Å²) in [5.74, 6) is -0.753. The average molecular weight is 333 g/mol. The fourth-order valence-corrected chi connectivity index (χ4v) is 4.23. The smallest absolute Gasteiger partial charge is 0.159 e. The minimum absolute atomic E-state index is 0.180. The fraction of sp³-hybridized carbons (Fsp3) is 0.600. The minimum Gasteiger partial charge on any atom is -0.375 e. The second-order valence-electron chi connectivity index (χ2n) is 5.45. The van der Waals surface area contributed by atoms with Gasteiger partial charge in [-0.3, -0.25) is 0 Å². The van der Waals surface area contributed by atoms with Gasteiger partial charge >= 0.3 is 0 Å². The summed E-state index contributed by atoms with van der Waals surface area (Å²) in [7, 11) is 0. The summed E-state index contributed by atoms with van der Waals surface area (Å²) in [4.78, 5) is 0.201. The van der Waals surface area contributed by atoms with Crippen molar-refractivity contribution in [3.8, 4) is 0 Å². The van der Waals surface area contributed by atoms with Crippen LogP contribution in [0.25, 0.3) is 0 Å². The maximum absolute atomic E-state index is 13.2. The minimum atomic E-state index is -0.797. The lowest BCUT2D eigenvalue weighted by Crippen LogP contribution is -2.28. The lowest BCUT2D eigenvalue weighted by molar-refractivity contribution is 0.0511. The van der Waals surface area contributed by atoms with Gasteiger partial charge in [-0.1, -0.05) is 28.9 Å². The Labute approximate surface area is 121 Å². The van der Waals surface area contributed by atoms with E-state index in [0.29, 0.717) is 18.3 Å². The molecule has 1 aromatic carbocycles. The molecule has 0 N–H and O–H groups in total. The molecule has 0 spiro atoms. The zero-order valence-corrected chi connectivity index (χ0v) is 13.0. The number of hydrogen-bond donors (Lipinski definition) is 0. The van der Waals surface area contributed by atoms with Gasteiger partial charge < -0.3 is 4.74 Å². The van der Waals surface area contributed by atoms with Crippen molar-refractivity contribution >= 4 is 15.9 Å². The van der Waals surface area contributed by atoms with E-state index >= 15 is 0 Å². The third kappa shape index (κ3) is 3.16. The van der Waals surface area contributed by atoms with Gasteiger partial charge in [0.25, 0.3) is 0 Å². The molecule has 1 heterocycles. The van der Waals surface area contributed by atoms with E-state index in [1.807, 2.05) is 0 Å². The normalized spacial score (nSPS) is 32.5. The van der Waals surface area contributed by atoms with Crippen LogP contribution in [0, 0.1) is 23.5 Å². The topological polar surface area (TPSA) is 9.23 Å². The Morgan fingerprint density at radius 2 is 1.84 bits per heavy atom. The molecule has 5 atom stereocenters. The van der Waals surface area contributed by atoms with E-state index in [1.54, 1.807) is 6.07 Å². The molecule has 1 nitrogen and oxygen atoms in total. The Bertz CT molecular complexity index is 452. The first-order valence-electron chi connectivity index (χ1n) is 6.63. The molecule has 0 saturated carbocycles. The summed E-state index contributed by atoms with van der Waals surface area (Å²) in [5, 5.41) is 0. The van der Waals surface area contributed by atoms with Crippen LogP contribution >= 0.6 is 15.9 Å². The maximum Gasteiger partial charge on any atom is 0.159 e. The molecule has 0 bridgehead atoms. The number of halogens is 3. The van der Waals surface area contributed by atoms with Crippen LogP contribution < -0.4 is 0 Å². The van der Waals surface area contributed by atoms with Gasteiger partial charge in [-0.25, -0.2) is 8.78 Å². The van der Waals surface area contributed by atoms with Crippen LogP contribution in [0.3, 0.4) is 0 Å². The molecule has 1 aliphatic rings. The van der Waals surface area contributed by atoms with Crippen LogP contribution in [0.4, 0.5) is 8.78 Å². The van der Waals surface area contributed by atoms with E-state index in [1.165, 1.54) is 12.1 Å². The SMILES string of the molecule is CC1OC(C)C(C(Br)Cc2ccc(F)c(F)c2)C1C. The first kappa shape index (κ1) is 14.9. The van der Waals surface area contributed by atoms with Gasteiger partial charge in [0.1, 0.15) is 0 Å². The molecule has 1 aliphatic heterocycles. The second-order valence-corrected chi connectivity index (χ2v) is 6.63. The lowest BCUT2D eigenvalue weighted by atomic mass is 9.85. The number of hydrogen-bond acceptors (Lipinski definition) is 1. The molecular formula is C15H19BrF2O. The van der Waals surface area contributed by atoms with Crippen molar-refractivity contribution in [2.45, 2.75) is 44.2 Å². The Kier molecular flexibility index (Phi) is 4.62. The van der Waals surface area contributed by atoms with E-state index in [-0.39, 0.29) is 17.0 Å². The van der Waals surface area contributed by atoms with Gasteiger partial charge in [-0.05, 0) is 43.9 Å². The third-order valence-electron chi connectivity index (χ3n) is 4.15. The molecule has 0 amide bonds. The summed E-state index contributed by atoms with van der Waals surface area (Å²) in [5.41, 5.74) is 0.805. The molecule has 19 heavy (non-hydrogen) atoms. The monoisotopic (exact) mass is 332 g/mol.